The Morgan fingerprint density at radius 2 is 2.17 bits per heavy atom. The monoisotopic (exact) mass is 325 g/mol. The number of pyridine rings is 1. The van der Waals surface area contributed by atoms with Gasteiger partial charge in [-0.3, -0.25) is 4.79 Å². The van der Waals surface area contributed by atoms with Gasteiger partial charge in [-0.25, -0.2) is 9.51 Å². The van der Waals surface area contributed by atoms with Gasteiger partial charge in [0.25, 0.3) is 5.88 Å². The third-order valence-electron chi connectivity index (χ3n) is 3.49. The Morgan fingerprint density at radius 1 is 1.33 bits per heavy atom. The molecule has 2 heterocycles. The van der Waals surface area contributed by atoms with E-state index in [1.807, 2.05) is 43.4 Å². The molecule has 124 valence electrons. The number of ether oxygens (including phenoxy) is 1. The molecule has 1 aliphatic carbocycles. The third kappa shape index (κ3) is 3.36. The van der Waals surface area contributed by atoms with Gasteiger partial charge in [-0.15, -0.1) is 5.10 Å². The number of carbonyl (C=O) groups is 1. The maximum atomic E-state index is 11.4. The largest absolute Gasteiger partial charge is 0.474 e. The normalized spacial score (nSPS) is 16.2. The Bertz CT molecular complexity index is 861. The Kier molecular flexibility index (Phi) is 4.43. The van der Waals surface area contributed by atoms with E-state index in [4.69, 9.17) is 10.5 Å². The highest BCUT2D eigenvalue weighted by molar-refractivity contribution is 6.20. The molecule has 24 heavy (non-hydrogen) atoms. The van der Waals surface area contributed by atoms with Gasteiger partial charge in [0, 0.05) is 18.8 Å². The average Bonchev–Trinajstić information content (AvgIpc) is 2.87. The predicted octanol–water partition coefficient (Wildman–Crippen LogP) is 1.33. The molecule has 0 saturated carbocycles. The first kappa shape index (κ1) is 15.9. The van der Waals surface area contributed by atoms with E-state index in [-0.39, 0.29) is 5.78 Å². The summed E-state index contributed by atoms with van der Waals surface area (Å²) < 4.78 is 7.51. The van der Waals surface area contributed by atoms with Crippen LogP contribution in [0.4, 0.5) is 5.69 Å². The Morgan fingerprint density at radius 3 is 2.92 bits per heavy atom. The van der Waals surface area contributed by atoms with Crippen molar-refractivity contribution in [1.29, 1.82) is 0 Å². The predicted molar refractivity (Wildman–Crippen MR) is 92.8 cm³/mol. The van der Waals surface area contributed by atoms with Crippen LogP contribution in [-0.2, 0) is 4.79 Å². The van der Waals surface area contributed by atoms with Gasteiger partial charge < -0.3 is 15.4 Å². The van der Waals surface area contributed by atoms with Gasteiger partial charge >= 0.3 is 0 Å². The third-order valence-corrected chi connectivity index (χ3v) is 3.49. The van der Waals surface area contributed by atoms with Crippen molar-refractivity contribution in [3.63, 3.8) is 0 Å². The van der Waals surface area contributed by atoms with E-state index in [2.05, 4.69) is 10.1 Å². The van der Waals surface area contributed by atoms with Crippen molar-refractivity contribution in [2.24, 2.45) is 10.7 Å². The lowest BCUT2D eigenvalue weighted by Crippen LogP contribution is -2.19. The minimum absolute atomic E-state index is 0.145. The zero-order valence-electron chi connectivity index (χ0n) is 13.6. The molecule has 7 nitrogen and oxygen atoms in total. The molecule has 0 aliphatic heterocycles. The minimum Gasteiger partial charge on any atom is -0.474 e. The van der Waals surface area contributed by atoms with Crippen molar-refractivity contribution in [1.82, 2.24) is 14.5 Å². The van der Waals surface area contributed by atoms with Crippen LogP contribution in [0, 0.1) is 0 Å². The van der Waals surface area contributed by atoms with Crippen LogP contribution < -0.4 is 10.5 Å². The number of carbonyl (C=O) groups excluding carboxylic acids is 1. The Labute approximate surface area is 139 Å². The standard InChI is InChI=1S/C17H19N5O2/c1-21(2)9-10-24-17-16(15-5-3-4-8-22(15)20-17)19-14-7-6-12(23)11-13(14)18/h3-8,11H,9-10,18H2,1-2H3. The van der Waals surface area contributed by atoms with Crippen molar-refractivity contribution >= 4 is 22.7 Å². The summed E-state index contributed by atoms with van der Waals surface area (Å²) >= 11 is 0. The second-order valence-electron chi connectivity index (χ2n) is 5.67. The molecule has 0 spiro atoms. The molecule has 0 aromatic carbocycles. The van der Waals surface area contributed by atoms with Gasteiger partial charge in [-0.1, -0.05) is 6.07 Å². The van der Waals surface area contributed by atoms with E-state index in [9.17, 15) is 4.79 Å². The fraction of sp³-hybridized carbons (Fsp3) is 0.235. The summed E-state index contributed by atoms with van der Waals surface area (Å²) in [4.78, 5) is 18.0. The zero-order chi connectivity index (χ0) is 17.1. The number of hydrogen-bond donors (Lipinski definition) is 1. The molecule has 1 aliphatic rings. The molecular weight excluding hydrogens is 306 g/mol. The molecule has 2 aromatic rings. The first-order valence-corrected chi connectivity index (χ1v) is 7.58. The molecule has 0 atom stereocenters. The van der Waals surface area contributed by atoms with Crippen LogP contribution in [0.5, 0.6) is 5.88 Å². The number of allylic oxidation sites excluding steroid dienone is 3. The van der Waals surface area contributed by atoms with Crippen LogP contribution in [-0.4, -0.2) is 53.3 Å². The van der Waals surface area contributed by atoms with E-state index in [1.54, 1.807) is 10.6 Å². The lowest BCUT2D eigenvalue weighted by Gasteiger charge is -2.10. The summed E-state index contributed by atoms with van der Waals surface area (Å²) in [6.45, 7) is 1.26. The number of nitrogens with zero attached hydrogens (tertiary/aromatic N) is 4. The molecule has 2 aromatic heterocycles. The molecule has 0 amide bonds. The van der Waals surface area contributed by atoms with Gasteiger partial charge in [0.2, 0.25) is 0 Å². The molecule has 7 heteroatoms. The number of hydrogen-bond acceptors (Lipinski definition) is 6. The first-order chi connectivity index (χ1) is 11.5. The maximum Gasteiger partial charge on any atom is 0.260 e. The quantitative estimate of drug-likeness (QED) is 0.838. The highest BCUT2D eigenvalue weighted by Gasteiger charge is 2.16. The fourth-order valence-corrected chi connectivity index (χ4v) is 2.25. The molecule has 0 unspecified atom stereocenters. The van der Waals surface area contributed by atoms with Gasteiger partial charge in [-0.05, 0) is 38.4 Å². The Balaban J connectivity index is 2.00. The van der Waals surface area contributed by atoms with E-state index >= 15 is 0 Å². The zero-order valence-corrected chi connectivity index (χ0v) is 13.6. The van der Waals surface area contributed by atoms with E-state index in [1.165, 1.54) is 12.2 Å². The summed E-state index contributed by atoms with van der Waals surface area (Å²) in [5.74, 6) is 0.294. The van der Waals surface area contributed by atoms with E-state index in [0.717, 1.165) is 12.1 Å². The van der Waals surface area contributed by atoms with Crippen molar-refractivity contribution in [2.45, 2.75) is 0 Å². The van der Waals surface area contributed by atoms with Crippen LogP contribution >= 0.6 is 0 Å². The highest BCUT2D eigenvalue weighted by atomic mass is 16.5. The molecule has 0 bridgehead atoms. The smallest absolute Gasteiger partial charge is 0.260 e. The summed E-state index contributed by atoms with van der Waals surface area (Å²) in [5.41, 5.74) is 8.16. The second-order valence-corrected chi connectivity index (χ2v) is 5.67. The number of fused-ring (bicyclic) bond motifs is 1. The van der Waals surface area contributed by atoms with Gasteiger partial charge in [-0.2, -0.15) is 0 Å². The number of likely N-dealkylation sites (N-methyl/N-ethyl adjacent to an activating group) is 1. The van der Waals surface area contributed by atoms with Crippen molar-refractivity contribution in [2.75, 3.05) is 27.2 Å². The van der Waals surface area contributed by atoms with Crippen LogP contribution in [0.25, 0.3) is 5.52 Å². The van der Waals surface area contributed by atoms with Gasteiger partial charge in [0.05, 0.1) is 16.9 Å². The van der Waals surface area contributed by atoms with E-state index in [0.29, 0.717) is 29.6 Å². The molecule has 0 fully saturated rings. The maximum absolute atomic E-state index is 11.4. The summed E-state index contributed by atoms with van der Waals surface area (Å²) in [6, 6.07) is 5.69. The molecule has 2 N–H and O–H groups in total. The summed E-state index contributed by atoms with van der Waals surface area (Å²) in [6.07, 6.45) is 6.23. The van der Waals surface area contributed by atoms with Gasteiger partial charge in [0.15, 0.2) is 11.5 Å². The molecule has 0 radical (unpaired) electrons. The SMILES string of the molecule is CN(C)CCOc1nn2ccccc2c1N=C1C=CC(=O)C=C1N. The van der Waals surface area contributed by atoms with Crippen molar-refractivity contribution < 1.29 is 9.53 Å². The van der Waals surface area contributed by atoms with Crippen LogP contribution in [0.2, 0.25) is 0 Å². The number of ketones is 1. The Hall–Kier alpha value is -2.93. The number of nitrogens with two attached hydrogens (primary N) is 1. The van der Waals surface area contributed by atoms with Crippen molar-refractivity contribution in [3.05, 3.63) is 48.3 Å². The molecule has 3 rings (SSSR count). The summed E-state index contributed by atoms with van der Waals surface area (Å²) in [7, 11) is 3.95. The second kappa shape index (κ2) is 6.67. The first-order valence-electron chi connectivity index (χ1n) is 7.58. The molecular formula is C17H19N5O2. The van der Waals surface area contributed by atoms with Crippen LogP contribution in [0.3, 0.4) is 0 Å². The molecule has 0 saturated heterocycles. The number of rotatable bonds is 5. The minimum atomic E-state index is -0.145. The fourth-order valence-electron chi connectivity index (χ4n) is 2.25. The van der Waals surface area contributed by atoms with E-state index < -0.39 is 0 Å². The van der Waals surface area contributed by atoms with Gasteiger partial charge in [0.1, 0.15) is 6.61 Å². The average molecular weight is 325 g/mol. The number of aromatic nitrogens is 2. The lowest BCUT2D eigenvalue weighted by molar-refractivity contribution is -0.110. The summed E-state index contributed by atoms with van der Waals surface area (Å²) in [5, 5.41) is 4.43. The van der Waals surface area contributed by atoms with Crippen molar-refractivity contribution in [3.8, 4) is 5.88 Å². The lowest BCUT2D eigenvalue weighted by atomic mass is 10.1. The highest BCUT2D eigenvalue weighted by Crippen LogP contribution is 2.32. The van der Waals surface area contributed by atoms with Crippen LogP contribution in [0.15, 0.2) is 53.3 Å². The number of aliphatic imine (C=N–C) groups is 1. The van der Waals surface area contributed by atoms with Crippen LogP contribution in [0.1, 0.15) is 0 Å². The topological polar surface area (TPSA) is 85.2 Å².